The summed E-state index contributed by atoms with van der Waals surface area (Å²) in [5.74, 6) is 1.36. The number of aromatic nitrogens is 2. The monoisotopic (exact) mass is 420 g/mol. The summed E-state index contributed by atoms with van der Waals surface area (Å²) < 4.78 is 18.1. The van der Waals surface area contributed by atoms with Crippen LogP contribution in [0.4, 0.5) is 0 Å². The Hall–Kier alpha value is -3.36. The van der Waals surface area contributed by atoms with Crippen molar-refractivity contribution in [2.75, 3.05) is 6.79 Å². The molecule has 0 unspecified atom stereocenters. The van der Waals surface area contributed by atoms with Crippen LogP contribution in [0.25, 0.3) is 22.3 Å². The number of rotatable bonds is 1. The Bertz CT molecular complexity index is 1360. The molecule has 8 heteroatoms. The molecule has 158 valence electrons. The smallest absolute Gasteiger partial charge is 0.258 e. The second-order valence-electron chi connectivity index (χ2n) is 8.14. The molecule has 2 aromatic heterocycles. The van der Waals surface area contributed by atoms with E-state index in [1.165, 1.54) is 0 Å². The molecule has 0 amide bonds. The SMILES string of the molecule is C=C1OCc2c(cc3n(c2=O)Cc2cc4cc5c(cc4nc2-3)OCO5)[C@@](O)(CC)[C@H]1O. The Kier molecular flexibility index (Phi) is 3.62. The quantitative estimate of drug-likeness (QED) is 0.486. The molecule has 3 aromatic rings. The van der Waals surface area contributed by atoms with Crippen molar-refractivity contribution in [1.82, 2.24) is 9.55 Å². The molecule has 0 spiro atoms. The first kappa shape index (κ1) is 18.4. The lowest BCUT2D eigenvalue weighted by atomic mass is 9.83. The van der Waals surface area contributed by atoms with Gasteiger partial charge in [-0.15, -0.1) is 0 Å². The Balaban J connectivity index is 1.59. The number of hydrogen-bond donors (Lipinski definition) is 2. The molecule has 8 nitrogen and oxygen atoms in total. The largest absolute Gasteiger partial charge is 0.491 e. The van der Waals surface area contributed by atoms with Crippen LogP contribution in [0.5, 0.6) is 11.5 Å². The van der Waals surface area contributed by atoms with Crippen molar-refractivity contribution in [2.45, 2.75) is 38.2 Å². The van der Waals surface area contributed by atoms with Gasteiger partial charge in [-0.2, -0.15) is 0 Å². The summed E-state index contributed by atoms with van der Waals surface area (Å²) in [5.41, 5.74) is 1.63. The van der Waals surface area contributed by atoms with Crippen LogP contribution in [0, 0.1) is 0 Å². The highest BCUT2D eigenvalue weighted by Gasteiger charge is 2.44. The van der Waals surface area contributed by atoms with Gasteiger partial charge in [0.15, 0.2) is 11.5 Å². The number of pyridine rings is 2. The molecular formula is C23H20N2O6. The molecule has 2 atom stereocenters. The molecule has 6 rings (SSSR count). The lowest BCUT2D eigenvalue weighted by Gasteiger charge is -2.31. The molecule has 0 fully saturated rings. The molecule has 0 radical (unpaired) electrons. The van der Waals surface area contributed by atoms with Crippen molar-refractivity contribution >= 4 is 10.9 Å². The third-order valence-electron chi connectivity index (χ3n) is 6.52. The minimum Gasteiger partial charge on any atom is -0.491 e. The van der Waals surface area contributed by atoms with E-state index in [0.717, 1.165) is 16.5 Å². The van der Waals surface area contributed by atoms with E-state index < -0.39 is 11.7 Å². The lowest BCUT2D eigenvalue weighted by molar-refractivity contribution is -0.0808. The first-order chi connectivity index (χ1) is 14.9. The Morgan fingerprint density at radius 2 is 2.00 bits per heavy atom. The van der Waals surface area contributed by atoms with Crippen molar-refractivity contribution < 1.29 is 24.4 Å². The molecule has 3 aliphatic heterocycles. The fourth-order valence-electron chi connectivity index (χ4n) is 4.73. The number of ether oxygens (including phenoxy) is 3. The van der Waals surface area contributed by atoms with Gasteiger partial charge in [-0.05, 0) is 24.6 Å². The first-order valence-electron chi connectivity index (χ1n) is 10.1. The zero-order valence-corrected chi connectivity index (χ0v) is 16.8. The van der Waals surface area contributed by atoms with Gasteiger partial charge >= 0.3 is 0 Å². The van der Waals surface area contributed by atoms with Crippen LogP contribution in [0.2, 0.25) is 0 Å². The maximum atomic E-state index is 13.4. The van der Waals surface area contributed by atoms with Crippen LogP contribution >= 0.6 is 0 Å². The normalized spacial score (nSPS) is 23.2. The predicted octanol–water partition coefficient (Wildman–Crippen LogP) is 2.16. The van der Waals surface area contributed by atoms with Gasteiger partial charge in [-0.3, -0.25) is 4.79 Å². The number of aliphatic hydroxyl groups is 2. The highest BCUT2D eigenvalue weighted by molar-refractivity contribution is 5.87. The molecular weight excluding hydrogens is 400 g/mol. The maximum Gasteiger partial charge on any atom is 0.258 e. The van der Waals surface area contributed by atoms with Crippen LogP contribution in [0.1, 0.15) is 30.0 Å². The molecule has 0 saturated heterocycles. The van der Waals surface area contributed by atoms with Gasteiger partial charge in [0.2, 0.25) is 6.79 Å². The average Bonchev–Trinajstić information content (AvgIpc) is 3.35. The van der Waals surface area contributed by atoms with Crippen LogP contribution in [-0.4, -0.2) is 32.7 Å². The molecule has 31 heavy (non-hydrogen) atoms. The maximum absolute atomic E-state index is 13.4. The van der Waals surface area contributed by atoms with Gasteiger partial charge in [-0.25, -0.2) is 4.98 Å². The molecule has 2 N–H and O–H groups in total. The van der Waals surface area contributed by atoms with Gasteiger partial charge in [0, 0.05) is 22.6 Å². The number of nitrogens with zero attached hydrogens (tertiary/aromatic N) is 2. The van der Waals surface area contributed by atoms with Crippen molar-refractivity contribution in [2.24, 2.45) is 0 Å². The molecule has 3 aliphatic rings. The fraction of sp³-hybridized carbons (Fsp3) is 0.304. The van der Waals surface area contributed by atoms with E-state index in [9.17, 15) is 15.0 Å². The molecule has 5 heterocycles. The molecule has 1 aromatic carbocycles. The van der Waals surface area contributed by atoms with Crippen LogP contribution in [0.15, 0.2) is 41.4 Å². The third kappa shape index (κ3) is 2.37. The van der Waals surface area contributed by atoms with Crippen molar-refractivity contribution in [3.63, 3.8) is 0 Å². The minimum atomic E-state index is -1.68. The van der Waals surface area contributed by atoms with Crippen LogP contribution in [-0.2, 0) is 23.5 Å². The lowest BCUT2D eigenvalue weighted by Crippen LogP contribution is -2.41. The fourth-order valence-corrected chi connectivity index (χ4v) is 4.73. The summed E-state index contributed by atoms with van der Waals surface area (Å²) in [6.07, 6.45) is -1.15. The van der Waals surface area contributed by atoms with Crippen molar-refractivity contribution in [3.8, 4) is 22.9 Å². The molecule has 0 saturated carbocycles. The van der Waals surface area contributed by atoms with Gasteiger partial charge in [0.1, 0.15) is 24.1 Å². The predicted molar refractivity (Wildman–Crippen MR) is 111 cm³/mol. The van der Waals surface area contributed by atoms with E-state index in [1.807, 2.05) is 18.2 Å². The van der Waals surface area contributed by atoms with E-state index in [2.05, 4.69) is 6.58 Å². The highest BCUT2D eigenvalue weighted by atomic mass is 16.7. The summed E-state index contributed by atoms with van der Waals surface area (Å²) in [7, 11) is 0. The first-order valence-corrected chi connectivity index (χ1v) is 10.1. The topological polar surface area (TPSA) is 103 Å². The van der Waals surface area contributed by atoms with E-state index in [1.54, 1.807) is 17.6 Å². The zero-order chi connectivity index (χ0) is 21.5. The minimum absolute atomic E-state index is 0.0469. The number of aliphatic hydroxyl groups excluding tert-OH is 1. The van der Waals surface area contributed by atoms with E-state index >= 15 is 0 Å². The summed E-state index contributed by atoms with van der Waals surface area (Å²) in [4.78, 5) is 18.2. The van der Waals surface area contributed by atoms with Crippen molar-refractivity contribution in [3.05, 3.63) is 63.6 Å². The Labute approximate surface area is 176 Å². The van der Waals surface area contributed by atoms with Gasteiger partial charge < -0.3 is 29.0 Å². The van der Waals surface area contributed by atoms with E-state index in [-0.39, 0.29) is 31.1 Å². The number of benzene rings is 1. The second-order valence-corrected chi connectivity index (χ2v) is 8.14. The van der Waals surface area contributed by atoms with Gasteiger partial charge in [0.25, 0.3) is 5.56 Å². The third-order valence-corrected chi connectivity index (χ3v) is 6.52. The zero-order valence-electron chi connectivity index (χ0n) is 16.8. The van der Waals surface area contributed by atoms with E-state index in [4.69, 9.17) is 19.2 Å². The second kappa shape index (κ2) is 6.09. The summed E-state index contributed by atoms with van der Waals surface area (Å²) in [6, 6.07) is 7.46. The van der Waals surface area contributed by atoms with Crippen LogP contribution < -0.4 is 15.0 Å². The van der Waals surface area contributed by atoms with Gasteiger partial charge in [-0.1, -0.05) is 13.5 Å². The van der Waals surface area contributed by atoms with Gasteiger partial charge in [0.05, 0.1) is 29.0 Å². The standard InChI is InChI=1S/C23H20N2O6/c1-3-23(28)15-6-17-20-13(4-12-5-18-19(31-10-30-18)7-16(12)24-20)8-25(17)22(27)14(15)9-29-11(2)21(23)26/h4-7,21,26,28H,2-3,8-10H2,1H3/t21-,23-/m0/s1. The van der Waals surface area contributed by atoms with E-state index in [0.29, 0.717) is 40.6 Å². The highest BCUT2D eigenvalue weighted by Crippen LogP contribution is 2.42. The number of hydrogen-bond acceptors (Lipinski definition) is 7. The van der Waals surface area contributed by atoms with Crippen LogP contribution in [0.3, 0.4) is 0 Å². The molecule has 0 bridgehead atoms. The summed E-state index contributed by atoms with van der Waals surface area (Å²) >= 11 is 0. The average molecular weight is 420 g/mol. The summed E-state index contributed by atoms with van der Waals surface area (Å²) in [5, 5.41) is 22.9. The van der Waals surface area contributed by atoms with Crippen molar-refractivity contribution in [1.29, 1.82) is 0 Å². The summed E-state index contributed by atoms with van der Waals surface area (Å²) in [6.45, 7) is 5.95. The Morgan fingerprint density at radius 3 is 2.77 bits per heavy atom. The number of fused-ring (bicyclic) bond motifs is 6. The Morgan fingerprint density at radius 1 is 1.23 bits per heavy atom. The molecule has 0 aliphatic carbocycles.